The van der Waals surface area contributed by atoms with E-state index < -0.39 is 0 Å². The van der Waals surface area contributed by atoms with Crippen molar-refractivity contribution in [3.63, 3.8) is 0 Å². The average molecular weight is 77.9 g/mol. The minimum atomic E-state index is 0. The smallest absolute Gasteiger partial charge is 0.179 e. The molecule has 0 nitrogen and oxygen atoms in total. The average Bonchev–Trinajstić information content (AvgIpc) is 1.38. The molecule has 1 unspecified atom stereocenters. The molecule has 0 heterocycles. The molecule has 0 aromatic rings. The van der Waals surface area contributed by atoms with E-state index in [1.165, 1.54) is 6.42 Å². The molecule has 0 bridgehead atoms. The van der Waals surface area contributed by atoms with Gasteiger partial charge in [0.1, 0.15) is 0 Å². The quantitative estimate of drug-likeness (QED) is 0.306. The second kappa shape index (κ2) is 5.66. The number of hydrogen-bond acceptors (Lipinski definition) is 0. The van der Waals surface area contributed by atoms with E-state index in [0.717, 1.165) is 5.82 Å². The third kappa shape index (κ3) is 8.82. The summed E-state index contributed by atoms with van der Waals surface area (Å²) < 4.78 is 0. The standard InChI is InChI=1S/C4H12B.Li/c1-3-4(2)5;/h4H,3H2,1-2,5H3;/q-1;+1. The first-order chi connectivity index (χ1) is 2.27. The largest absolute Gasteiger partial charge is 1.00 e. The second-order valence-electron chi connectivity index (χ2n) is 0.816. The number of rotatable bonds is 1. The van der Waals surface area contributed by atoms with Crippen LogP contribution in [0.25, 0.3) is 0 Å². The van der Waals surface area contributed by atoms with Crippen LogP contribution in [0.4, 0.5) is 0 Å². The summed E-state index contributed by atoms with van der Waals surface area (Å²) in [5.74, 6) is 1.13. The monoisotopic (exact) mass is 78.1 g/mol. The molecule has 0 aromatic heterocycles. The summed E-state index contributed by atoms with van der Waals surface area (Å²) in [6.07, 6.45) is 1.42. The van der Waals surface area contributed by atoms with E-state index >= 15 is 0 Å². The third-order valence-corrected chi connectivity index (χ3v) is 0.408. The summed E-state index contributed by atoms with van der Waals surface area (Å²) in [4.78, 5) is 0. The van der Waals surface area contributed by atoms with Crippen molar-refractivity contribution >= 4 is 7.85 Å². The van der Waals surface area contributed by atoms with Crippen LogP contribution in [0.5, 0.6) is 0 Å². The molecule has 0 saturated carbocycles. The maximum Gasteiger partial charge on any atom is 1.00 e. The van der Waals surface area contributed by atoms with Crippen molar-refractivity contribution in [3.05, 3.63) is 0 Å². The first-order valence-corrected chi connectivity index (χ1v) is 1.69. The SMILES string of the molecule is [BH3-]C(C)CC.[Li+]. The molecule has 0 aliphatic carbocycles. The molecule has 0 aliphatic rings. The zero-order valence-corrected chi connectivity index (χ0v) is 4.28. The first-order valence-electron chi connectivity index (χ1n) is 1.69. The van der Waals surface area contributed by atoms with Crippen molar-refractivity contribution < 1.29 is 18.9 Å². The van der Waals surface area contributed by atoms with Gasteiger partial charge in [-0.1, -0.05) is 20.3 Å². The van der Waals surface area contributed by atoms with Gasteiger partial charge in [-0.2, -0.15) is 5.82 Å². The number of hydrogen-bond donors (Lipinski definition) is 0. The van der Waals surface area contributed by atoms with Gasteiger partial charge >= 0.3 is 18.9 Å². The van der Waals surface area contributed by atoms with E-state index in [2.05, 4.69) is 13.8 Å². The van der Waals surface area contributed by atoms with E-state index in [1.807, 2.05) is 0 Å². The first kappa shape index (κ1) is 9.83. The predicted octanol–water partition coefficient (Wildman–Crippen LogP) is -2.43. The van der Waals surface area contributed by atoms with Crippen LogP contribution >= 0.6 is 0 Å². The molecule has 0 aliphatic heterocycles. The summed E-state index contributed by atoms with van der Waals surface area (Å²) in [5, 5.41) is 0. The molecule has 0 amide bonds. The van der Waals surface area contributed by atoms with Crippen molar-refractivity contribution in [3.8, 4) is 0 Å². The fourth-order valence-electron chi connectivity index (χ4n) is 0. The van der Waals surface area contributed by atoms with Crippen LogP contribution in [0.3, 0.4) is 0 Å². The molecule has 0 radical (unpaired) electrons. The van der Waals surface area contributed by atoms with Gasteiger partial charge in [-0.05, 0) is 7.85 Å². The van der Waals surface area contributed by atoms with Gasteiger partial charge in [0.05, 0.1) is 0 Å². The van der Waals surface area contributed by atoms with Gasteiger partial charge in [-0.25, -0.2) is 0 Å². The Morgan fingerprint density at radius 2 is 1.83 bits per heavy atom. The van der Waals surface area contributed by atoms with Crippen LogP contribution in [-0.2, 0) is 0 Å². The zero-order valence-electron chi connectivity index (χ0n) is 4.28. The van der Waals surface area contributed by atoms with Crippen molar-refractivity contribution in [2.24, 2.45) is 0 Å². The normalized spacial score (nSPS) is 12.5. The summed E-state index contributed by atoms with van der Waals surface area (Å²) >= 11 is 0. The molecular weight excluding hydrogens is 65.8 g/mol. The van der Waals surface area contributed by atoms with Crippen molar-refractivity contribution in [2.45, 2.75) is 26.1 Å². The van der Waals surface area contributed by atoms with Gasteiger partial charge in [0, 0.05) is 0 Å². The molecule has 0 N–H and O–H groups in total. The fourth-order valence-corrected chi connectivity index (χ4v) is 0. The van der Waals surface area contributed by atoms with Crippen molar-refractivity contribution in [1.82, 2.24) is 0 Å². The minimum absolute atomic E-state index is 0. The summed E-state index contributed by atoms with van der Waals surface area (Å²) in [6, 6.07) is 0. The van der Waals surface area contributed by atoms with Crippen LogP contribution in [0, 0.1) is 0 Å². The van der Waals surface area contributed by atoms with E-state index in [1.54, 1.807) is 0 Å². The Morgan fingerprint density at radius 1 is 1.67 bits per heavy atom. The van der Waals surface area contributed by atoms with Crippen molar-refractivity contribution in [1.29, 1.82) is 0 Å². The van der Waals surface area contributed by atoms with Crippen LogP contribution in [-0.4, -0.2) is 7.85 Å². The Bertz CT molecular complexity index is 21.5. The zero-order chi connectivity index (χ0) is 4.28. The van der Waals surface area contributed by atoms with Crippen LogP contribution in [0.1, 0.15) is 20.3 Å². The van der Waals surface area contributed by atoms with Crippen LogP contribution < -0.4 is 18.9 Å². The van der Waals surface area contributed by atoms with Gasteiger partial charge in [-0.3, -0.25) is 0 Å². The molecule has 0 rings (SSSR count). The molecule has 2 heteroatoms. The van der Waals surface area contributed by atoms with Crippen LogP contribution in [0.2, 0.25) is 5.82 Å². The summed E-state index contributed by atoms with van der Waals surface area (Å²) in [6.45, 7) is 4.59. The fraction of sp³-hybridized carbons (Fsp3) is 1.00. The molecular formula is C4H12BLi. The molecule has 1 atom stereocenters. The Hall–Kier alpha value is 0.662. The molecule has 0 saturated heterocycles. The van der Waals surface area contributed by atoms with E-state index in [-0.39, 0.29) is 18.9 Å². The van der Waals surface area contributed by atoms with Crippen molar-refractivity contribution in [2.75, 3.05) is 0 Å². The van der Waals surface area contributed by atoms with E-state index in [0.29, 0.717) is 7.85 Å². The van der Waals surface area contributed by atoms with Gasteiger partial charge in [0.2, 0.25) is 0 Å². The molecule has 6 heavy (non-hydrogen) atoms. The third-order valence-electron chi connectivity index (χ3n) is 0.408. The Labute approximate surface area is 53.3 Å². The summed E-state index contributed by atoms with van der Waals surface area (Å²) in [7, 11) is 0.688. The van der Waals surface area contributed by atoms with Gasteiger partial charge in [-0.15, -0.1) is 0 Å². The van der Waals surface area contributed by atoms with Gasteiger partial charge in [0.25, 0.3) is 0 Å². The Balaban J connectivity index is 0. The second-order valence-corrected chi connectivity index (χ2v) is 0.816. The van der Waals surface area contributed by atoms with Crippen LogP contribution in [0.15, 0.2) is 0 Å². The predicted molar refractivity (Wildman–Crippen MR) is 29.7 cm³/mol. The molecule has 32 valence electrons. The van der Waals surface area contributed by atoms with Gasteiger partial charge < -0.3 is 0 Å². The van der Waals surface area contributed by atoms with E-state index in [9.17, 15) is 0 Å². The maximum absolute atomic E-state index is 2.33. The van der Waals surface area contributed by atoms with Gasteiger partial charge in [0.15, 0.2) is 0 Å². The minimum Gasteiger partial charge on any atom is -0.179 e. The molecule has 0 spiro atoms. The molecule has 0 aromatic carbocycles. The Kier molecular flexibility index (Phi) is 9.27. The summed E-state index contributed by atoms with van der Waals surface area (Å²) in [5.41, 5.74) is 0. The topological polar surface area (TPSA) is 0 Å². The van der Waals surface area contributed by atoms with E-state index in [4.69, 9.17) is 0 Å². The molecule has 0 fully saturated rings. The Morgan fingerprint density at radius 3 is 1.83 bits per heavy atom. The maximum atomic E-state index is 2.33.